The second-order valence-electron chi connectivity index (χ2n) is 5.20. The molecule has 1 rings (SSSR count). The smallest absolute Gasteiger partial charge is 0.0144 e. The molecule has 1 unspecified atom stereocenters. The Labute approximate surface area is 82.5 Å². The molecule has 0 saturated carbocycles. The number of nitrogens with zero attached hydrogens (tertiary/aromatic N) is 1. The summed E-state index contributed by atoms with van der Waals surface area (Å²) < 4.78 is 0. The summed E-state index contributed by atoms with van der Waals surface area (Å²) in [4.78, 5) is 2.62. The molecule has 1 atom stereocenters. The summed E-state index contributed by atoms with van der Waals surface area (Å²) in [5.41, 5.74) is 5.97. The Hall–Kier alpha value is -0.0800. The van der Waals surface area contributed by atoms with Gasteiger partial charge in [0.2, 0.25) is 0 Å². The monoisotopic (exact) mass is 184 g/mol. The van der Waals surface area contributed by atoms with Crippen LogP contribution in [-0.2, 0) is 0 Å². The van der Waals surface area contributed by atoms with E-state index in [1.807, 2.05) is 0 Å². The summed E-state index contributed by atoms with van der Waals surface area (Å²) in [5.74, 6) is 0. The van der Waals surface area contributed by atoms with Crippen LogP contribution in [-0.4, -0.2) is 30.6 Å². The Morgan fingerprint density at radius 1 is 1.38 bits per heavy atom. The highest BCUT2D eigenvalue weighted by Gasteiger charge is 2.33. The highest BCUT2D eigenvalue weighted by atomic mass is 15.2. The Kier molecular flexibility index (Phi) is 3.74. The molecule has 2 N–H and O–H groups in total. The van der Waals surface area contributed by atoms with E-state index >= 15 is 0 Å². The molecule has 1 aliphatic rings. The molecule has 1 heterocycles. The SMILES string of the molecule is CC(C)(C)C1CCCN1CCCN. The summed E-state index contributed by atoms with van der Waals surface area (Å²) in [7, 11) is 0. The van der Waals surface area contributed by atoms with Gasteiger partial charge >= 0.3 is 0 Å². The van der Waals surface area contributed by atoms with Crippen LogP contribution in [0.2, 0.25) is 0 Å². The first-order valence-electron chi connectivity index (χ1n) is 5.50. The van der Waals surface area contributed by atoms with Crippen LogP contribution in [0, 0.1) is 5.41 Å². The van der Waals surface area contributed by atoms with Gasteiger partial charge in [0.25, 0.3) is 0 Å². The van der Waals surface area contributed by atoms with Gasteiger partial charge in [0.15, 0.2) is 0 Å². The average molecular weight is 184 g/mol. The Bertz CT molecular complexity index is 149. The fourth-order valence-corrected chi connectivity index (χ4v) is 2.37. The van der Waals surface area contributed by atoms with Gasteiger partial charge in [-0.05, 0) is 44.3 Å². The molecular weight excluding hydrogens is 160 g/mol. The van der Waals surface area contributed by atoms with Crippen LogP contribution < -0.4 is 5.73 Å². The first-order chi connectivity index (χ1) is 6.05. The Balaban J connectivity index is 2.44. The Morgan fingerprint density at radius 2 is 2.08 bits per heavy atom. The molecule has 1 aliphatic heterocycles. The molecule has 78 valence electrons. The predicted molar refractivity (Wildman–Crippen MR) is 57.7 cm³/mol. The van der Waals surface area contributed by atoms with Gasteiger partial charge in [0, 0.05) is 6.04 Å². The number of likely N-dealkylation sites (tertiary alicyclic amines) is 1. The van der Waals surface area contributed by atoms with Crippen LogP contribution in [0.15, 0.2) is 0 Å². The van der Waals surface area contributed by atoms with Crippen molar-refractivity contribution >= 4 is 0 Å². The number of rotatable bonds is 3. The minimum absolute atomic E-state index is 0.436. The molecule has 1 fully saturated rings. The molecule has 0 aromatic rings. The van der Waals surface area contributed by atoms with Crippen molar-refractivity contribution in [1.29, 1.82) is 0 Å². The van der Waals surface area contributed by atoms with Crippen LogP contribution in [0.25, 0.3) is 0 Å². The average Bonchev–Trinajstić information content (AvgIpc) is 2.47. The second-order valence-corrected chi connectivity index (χ2v) is 5.20. The highest BCUT2D eigenvalue weighted by molar-refractivity contribution is 4.87. The van der Waals surface area contributed by atoms with Crippen LogP contribution in [0.3, 0.4) is 0 Å². The van der Waals surface area contributed by atoms with Crippen LogP contribution >= 0.6 is 0 Å². The van der Waals surface area contributed by atoms with E-state index in [-0.39, 0.29) is 0 Å². The summed E-state index contributed by atoms with van der Waals surface area (Å²) >= 11 is 0. The molecule has 0 spiro atoms. The van der Waals surface area contributed by atoms with Crippen molar-refractivity contribution in [3.8, 4) is 0 Å². The van der Waals surface area contributed by atoms with Gasteiger partial charge in [-0.1, -0.05) is 20.8 Å². The van der Waals surface area contributed by atoms with E-state index in [9.17, 15) is 0 Å². The van der Waals surface area contributed by atoms with Crippen molar-refractivity contribution in [2.75, 3.05) is 19.6 Å². The number of hydrogen-bond donors (Lipinski definition) is 1. The lowest BCUT2D eigenvalue weighted by molar-refractivity contribution is 0.140. The third-order valence-electron chi connectivity index (χ3n) is 3.01. The normalized spacial score (nSPS) is 25.4. The van der Waals surface area contributed by atoms with E-state index in [0.717, 1.165) is 19.0 Å². The maximum Gasteiger partial charge on any atom is 0.0144 e. The highest BCUT2D eigenvalue weighted by Crippen LogP contribution is 2.32. The summed E-state index contributed by atoms with van der Waals surface area (Å²) in [5, 5.41) is 0. The summed E-state index contributed by atoms with van der Waals surface area (Å²) in [6.07, 6.45) is 3.88. The lowest BCUT2D eigenvalue weighted by Crippen LogP contribution is -2.40. The van der Waals surface area contributed by atoms with Crippen molar-refractivity contribution < 1.29 is 0 Å². The second kappa shape index (κ2) is 4.43. The molecule has 0 bridgehead atoms. The minimum Gasteiger partial charge on any atom is -0.330 e. The molecule has 2 nitrogen and oxygen atoms in total. The molecule has 2 heteroatoms. The quantitative estimate of drug-likeness (QED) is 0.725. The van der Waals surface area contributed by atoms with E-state index in [2.05, 4.69) is 25.7 Å². The third kappa shape index (κ3) is 2.96. The van der Waals surface area contributed by atoms with Crippen LogP contribution in [0.5, 0.6) is 0 Å². The van der Waals surface area contributed by atoms with E-state index in [1.165, 1.54) is 25.9 Å². The number of hydrogen-bond acceptors (Lipinski definition) is 2. The maximum absolute atomic E-state index is 5.53. The molecule has 1 saturated heterocycles. The molecule has 0 amide bonds. The third-order valence-corrected chi connectivity index (χ3v) is 3.01. The Morgan fingerprint density at radius 3 is 2.62 bits per heavy atom. The van der Waals surface area contributed by atoms with E-state index in [0.29, 0.717) is 5.41 Å². The lowest BCUT2D eigenvalue weighted by Gasteiger charge is -2.35. The van der Waals surface area contributed by atoms with Crippen molar-refractivity contribution in [2.45, 2.75) is 46.1 Å². The van der Waals surface area contributed by atoms with Gasteiger partial charge in [-0.15, -0.1) is 0 Å². The van der Waals surface area contributed by atoms with Gasteiger partial charge < -0.3 is 5.73 Å². The molecule has 0 aromatic heterocycles. The van der Waals surface area contributed by atoms with E-state index < -0.39 is 0 Å². The summed E-state index contributed by atoms with van der Waals surface area (Å²) in [6.45, 7) is 10.3. The van der Waals surface area contributed by atoms with E-state index in [4.69, 9.17) is 5.73 Å². The first kappa shape index (κ1) is 11.0. The largest absolute Gasteiger partial charge is 0.330 e. The molecule has 0 aromatic carbocycles. The van der Waals surface area contributed by atoms with Crippen LogP contribution in [0.1, 0.15) is 40.0 Å². The van der Waals surface area contributed by atoms with Crippen molar-refractivity contribution in [3.05, 3.63) is 0 Å². The molecular formula is C11H24N2. The fourth-order valence-electron chi connectivity index (χ4n) is 2.37. The lowest BCUT2D eigenvalue weighted by atomic mass is 9.85. The maximum atomic E-state index is 5.53. The first-order valence-corrected chi connectivity index (χ1v) is 5.50. The molecule has 13 heavy (non-hydrogen) atoms. The van der Waals surface area contributed by atoms with Crippen molar-refractivity contribution in [1.82, 2.24) is 4.90 Å². The van der Waals surface area contributed by atoms with Gasteiger partial charge in [-0.2, -0.15) is 0 Å². The van der Waals surface area contributed by atoms with Gasteiger partial charge in [-0.25, -0.2) is 0 Å². The van der Waals surface area contributed by atoms with E-state index in [1.54, 1.807) is 0 Å². The minimum atomic E-state index is 0.436. The van der Waals surface area contributed by atoms with Gasteiger partial charge in [0.1, 0.15) is 0 Å². The van der Waals surface area contributed by atoms with Crippen LogP contribution in [0.4, 0.5) is 0 Å². The predicted octanol–water partition coefficient (Wildman–Crippen LogP) is 1.85. The summed E-state index contributed by atoms with van der Waals surface area (Å²) in [6, 6.07) is 0.777. The standard InChI is InChI=1S/C11H24N2/c1-11(2,3)10-6-4-8-13(10)9-5-7-12/h10H,4-9,12H2,1-3H3. The zero-order valence-electron chi connectivity index (χ0n) is 9.34. The van der Waals surface area contributed by atoms with Crippen molar-refractivity contribution in [2.24, 2.45) is 11.1 Å². The topological polar surface area (TPSA) is 29.3 Å². The fraction of sp³-hybridized carbons (Fsp3) is 1.00. The molecule has 0 aliphatic carbocycles. The van der Waals surface area contributed by atoms with Gasteiger partial charge in [0.05, 0.1) is 0 Å². The van der Waals surface area contributed by atoms with Gasteiger partial charge in [-0.3, -0.25) is 4.90 Å². The number of nitrogens with two attached hydrogens (primary N) is 1. The molecule has 0 radical (unpaired) electrons. The van der Waals surface area contributed by atoms with Crippen molar-refractivity contribution in [3.63, 3.8) is 0 Å². The zero-order chi connectivity index (χ0) is 9.90. The zero-order valence-corrected chi connectivity index (χ0v) is 9.34.